The van der Waals surface area contributed by atoms with Crippen LogP contribution < -0.4 is 11.3 Å². The number of rotatable bonds is 6. The molecular formula is C13H27N3O. The second-order valence-corrected chi connectivity index (χ2v) is 5.08. The SMILES string of the molecule is C=C(CC)CC(NN)C1CN(C(C)C)CCO1. The molecule has 1 rings (SSSR count). The van der Waals surface area contributed by atoms with E-state index in [9.17, 15) is 0 Å². The summed E-state index contributed by atoms with van der Waals surface area (Å²) in [5.41, 5.74) is 4.10. The lowest BCUT2D eigenvalue weighted by atomic mass is 10.00. The second kappa shape index (κ2) is 7.11. The molecular weight excluding hydrogens is 214 g/mol. The van der Waals surface area contributed by atoms with Gasteiger partial charge in [-0.3, -0.25) is 16.2 Å². The predicted molar refractivity (Wildman–Crippen MR) is 71.6 cm³/mol. The van der Waals surface area contributed by atoms with E-state index in [1.807, 2.05) is 0 Å². The van der Waals surface area contributed by atoms with Crippen LogP contribution in [0.3, 0.4) is 0 Å². The van der Waals surface area contributed by atoms with E-state index in [0.29, 0.717) is 6.04 Å². The summed E-state index contributed by atoms with van der Waals surface area (Å²) >= 11 is 0. The smallest absolute Gasteiger partial charge is 0.0871 e. The molecule has 1 aliphatic heterocycles. The van der Waals surface area contributed by atoms with Crippen LogP contribution in [0.4, 0.5) is 0 Å². The van der Waals surface area contributed by atoms with Crippen LogP contribution in [0.2, 0.25) is 0 Å². The Morgan fingerprint density at radius 2 is 2.29 bits per heavy atom. The number of morpholine rings is 1. The van der Waals surface area contributed by atoms with Crippen LogP contribution in [0, 0.1) is 0 Å². The van der Waals surface area contributed by atoms with Crippen molar-refractivity contribution in [1.29, 1.82) is 0 Å². The van der Waals surface area contributed by atoms with Crippen LogP contribution >= 0.6 is 0 Å². The van der Waals surface area contributed by atoms with E-state index in [1.165, 1.54) is 5.57 Å². The quantitative estimate of drug-likeness (QED) is 0.418. The lowest BCUT2D eigenvalue weighted by molar-refractivity contribution is -0.0553. The molecule has 2 atom stereocenters. The van der Waals surface area contributed by atoms with Crippen molar-refractivity contribution in [2.24, 2.45) is 5.84 Å². The molecule has 0 saturated carbocycles. The fraction of sp³-hybridized carbons (Fsp3) is 0.846. The van der Waals surface area contributed by atoms with Gasteiger partial charge in [-0.2, -0.15) is 0 Å². The number of nitrogens with zero attached hydrogens (tertiary/aromatic N) is 1. The van der Waals surface area contributed by atoms with Gasteiger partial charge in [0.15, 0.2) is 0 Å². The van der Waals surface area contributed by atoms with Crippen molar-refractivity contribution in [2.45, 2.75) is 51.8 Å². The lowest BCUT2D eigenvalue weighted by Gasteiger charge is -2.38. The first-order valence-electron chi connectivity index (χ1n) is 6.56. The molecule has 0 aromatic heterocycles. The molecule has 0 spiro atoms. The zero-order valence-electron chi connectivity index (χ0n) is 11.4. The highest BCUT2D eigenvalue weighted by Gasteiger charge is 2.28. The first-order valence-corrected chi connectivity index (χ1v) is 6.56. The maximum Gasteiger partial charge on any atom is 0.0871 e. The number of hydrazine groups is 1. The van der Waals surface area contributed by atoms with Gasteiger partial charge in [-0.15, -0.1) is 0 Å². The van der Waals surface area contributed by atoms with Crippen molar-refractivity contribution in [1.82, 2.24) is 10.3 Å². The van der Waals surface area contributed by atoms with Gasteiger partial charge in [0.25, 0.3) is 0 Å². The number of ether oxygens (including phenoxy) is 1. The van der Waals surface area contributed by atoms with Crippen molar-refractivity contribution in [3.8, 4) is 0 Å². The molecule has 0 aromatic rings. The van der Waals surface area contributed by atoms with E-state index >= 15 is 0 Å². The van der Waals surface area contributed by atoms with Gasteiger partial charge < -0.3 is 4.74 Å². The largest absolute Gasteiger partial charge is 0.374 e. The van der Waals surface area contributed by atoms with Crippen LogP contribution in [0.15, 0.2) is 12.2 Å². The third kappa shape index (κ3) is 4.39. The Balaban J connectivity index is 2.53. The molecule has 4 nitrogen and oxygen atoms in total. The maximum absolute atomic E-state index is 5.83. The Bertz CT molecular complexity index is 243. The summed E-state index contributed by atoms with van der Waals surface area (Å²) in [6, 6.07) is 0.734. The minimum Gasteiger partial charge on any atom is -0.374 e. The number of nitrogens with one attached hydrogen (secondary N) is 1. The van der Waals surface area contributed by atoms with Crippen LogP contribution in [-0.2, 0) is 4.74 Å². The van der Waals surface area contributed by atoms with Crippen molar-refractivity contribution in [3.63, 3.8) is 0 Å². The summed E-state index contributed by atoms with van der Waals surface area (Å²) in [6.07, 6.45) is 2.06. The summed E-state index contributed by atoms with van der Waals surface area (Å²) < 4.78 is 5.83. The van der Waals surface area contributed by atoms with Crippen LogP contribution in [0.1, 0.15) is 33.6 Å². The Labute approximate surface area is 105 Å². The van der Waals surface area contributed by atoms with Crippen molar-refractivity contribution >= 4 is 0 Å². The molecule has 1 heterocycles. The highest BCUT2D eigenvalue weighted by molar-refractivity contribution is 4.99. The molecule has 0 aromatic carbocycles. The second-order valence-electron chi connectivity index (χ2n) is 5.08. The van der Waals surface area contributed by atoms with Gasteiger partial charge in [0.1, 0.15) is 0 Å². The van der Waals surface area contributed by atoms with E-state index in [4.69, 9.17) is 10.6 Å². The minimum absolute atomic E-state index is 0.166. The maximum atomic E-state index is 5.83. The molecule has 17 heavy (non-hydrogen) atoms. The molecule has 0 radical (unpaired) electrons. The molecule has 0 amide bonds. The normalized spacial score (nSPS) is 23.9. The number of nitrogens with two attached hydrogens (primary N) is 1. The van der Waals surface area contributed by atoms with Gasteiger partial charge >= 0.3 is 0 Å². The van der Waals surface area contributed by atoms with Crippen LogP contribution in [0.25, 0.3) is 0 Å². The van der Waals surface area contributed by atoms with E-state index in [1.54, 1.807) is 0 Å². The van der Waals surface area contributed by atoms with Gasteiger partial charge in [0.2, 0.25) is 0 Å². The monoisotopic (exact) mass is 241 g/mol. The fourth-order valence-corrected chi connectivity index (χ4v) is 2.16. The average Bonchev–Trinajstić information content (AvgIpc) is 2.35. The van der Waals surface area contributed by atoms with Gasteiger partial charge in [-0.1, -0.05) is 19.1 Å². The van der Waals surface area contributed by atoms with Crippen molar-refractivity contribution in [3.05, 3.63) is 12.2 Å². The molecule has 3 N–H and O–H groups in total. The first kappa shape index (κ1) is 14.6. The van der Waals surface area contributed by atoms with Crippen molar-refractivity contribution in [2.75, 3.05) is 19.7 Å². The molecule has 1 saturated heterocycles. The fourth-order valence-electron chi connectivity index (χ4n) is 2.16. The first-order chi connectivity index (χ1) is 8.08. The molecule has 1 fully saturated rings. The number of hydrogen-bond donors (Lipinski definition) is 2. The van der Waals surface area contributed by atoms with E-state index in [-0.39, 0.29) is 12.1 Å². The minimum atomic E-state index is 0.166. The van der Waals surface area contributed by atoms with Gasteiger partial charge in [-0.05, 0) is 26.7 Å². The summed E-state index contributed by atoms with van der Waals surface area (Å²) in [5.74, 6) is 5.64. The third-order valence-corrected chi connectivity index (χ3v) is 3.53. The van der Waals surface area contributed by atoms with Crippen molar-refractivity contribution < 1.29 is 4.74 Å². The highest BCUT2D eigenvalue weighted by Crippen LogP contribution is 2.16. The van der Waals surface area contributed by atoms with Crippen LogP contribution in [-0.4, -0.2) is 42.8 Å². The van der Waals surface area contributed by atoms with Gasteiger partial charge in [0, 0.05) is 19.1 Å². The topological polar surface area (TPSA) is 50.5 Å². The average molecular weight is 241 g/mol. The zero-order valence-corrected chi connectivity index (χ0v) is 11.4. The highest BCUT2D eigenvalue weighted by atomic mass is 16.5. The molecule has 2 unspecified atom stereocenters. The molecule has 100 valence electrons. The Hall–Kier alpha value is -0.420. The summed E-state index contributed by atoms with van der Waals surface area (Å²) in [6.45, 7) is 13.4. The van der Waals surface area contributed by atoms with Crippen LogP contribution in [0.5, 0.6) is 0 Å². The zero-order chi connectivity index (χ0) is 12.8. The predicted octanol–water partition coefficient (Wildman–Crippen LogP) is 1.28. The van der Waals surface area contributed by atoms with Gasteiger partial charge in [0.05, 0.1) is 18.8 Å². The Kier molecular flexibility index (Phi) is 6.12. The van der Waals surface area contributed by atoms with Gasteiger partial charge in [-0.25, -0.2) is 0 Å². The Morgan fingerprint density at radius 1 is 1.59 bits per heavy atom. The van der Waals surface area contributed by atoms with E-state index < -0.39 is 0 Å². The lowest BCUT2D eigenvalue weighted by Crippen LogP contribution is -2.55. The standard InChI is InChI=1S/C13H27N3O/c1-5-11(4)8-12(15-14)13-9-16(10(2)3)6-7-17-13/h10,12-13,15H,4-9,14H2,1-3H3. The van der Waals surface area contributed by atoms with E-state index in [2.05, 4.69) is 37.7 Å². The summed E-state index contributed by atoms with van der Waals surface area (Å²) in [4.78, 5) is 2.44. The number of hydrogen-bond acceptors (Lipinski definition) is 4. The molecule has 4 heteroatoms. The van der Waals surface area contributed by atoms with E-state index in [0.717, 1.165) is 32.5 Å². The third-order valence-electron chi connectivity index (χ3n) is 3.53. The Morgan fingerprint density at radius 3 is 2.82 bits per heavy atom. The molecule has 0 aliphatic carbocycles. The molecule has 0 bridgehead atoms. The summed E-state index contributed by atoms with van der Waals surface area (Å²) in [7, 11) is 0. The summed E-state index contributed by atoms with van der Waals surface area (Å²) in [5, 5.41) is 0. The molecule has 1 aliphatic rings.